The molecular weight excluding hydrogens is 312 g/mol. The van der Waals surface area contributed by atoms with E-state index in [1.54, 1.807) is 6.07 Å². The van der Waals surface area contributed by atoms with Gasteiger partial charge in [-0.25, -0.2) is 9.97 Å². The van der Waals surface area contributed by atoms with Crippen LogP contribution in [0.5, 0.6) is 0 Å². The average Bonchev–Trinajstić information content (AvgIpc) is 2.60. The van der Waals surface area contributed by atoms with Crippen LogP contribution in [-0.2, 0) is 0 Å². The van der Waals surface area contributed by atoms with Gasteiger partial charge in [-0.1, -0.05) is 30.3 Å². The zero-order valence-corrected chi connectivity index (χ0v) is 13.9. The summed E-state index contributed by atoms with van der Waals surface area (Å²) in [4.78, 5) is 28.3. The summed E-state index contributed by atoms with van der Waals surface area (Å²) >= 11 is 0. The highest BCUT2D eigenvalue weighted by molar-refractivity contribution is 5.84. The fraction of sp³-hybridized carbons (Fsp3) is 0.100. The van der Waals surface area contributed by atoms with Gasteiger partial charge >= 0.3 is 0 Å². The summed E-state index contributed by atoms with van der Waals surface area (Å²) in [5.74, 6) is 0. The molecule has 3 heterocycles. The molecule has 0 saturated heterocycles. The van der Waals surface area contributed by atoms with Gasteiger partial charge in [0.2, 0.25) is 5.56 Å². The number of H-pyrrole nitrogens is 1. The maximum Gasteiger partial charge on any atom is 0.249 e. The minimum absolute atomic E-state index is 0.191. The molecule has 0 amide bonds. The van der Waals surface area contributed by atoms with E-state index >= 15 is 0 Å². The van der Waals surface area contributed by atoms with E-state index in [0.29, 0.717) is 11.2 Å². The molecule has 5 heteroatoms. The largest absolute Gasteiger partial charge is 0.305 e. The lowest BCUT2D eigenvalue weighted by Gasteiger charge is -2.11. The van der Waals surface area contributed by atoms with Gasteiger partial charge in [-0.2, -0.15) is 0 Å². The lowest BCUT2D eigenvalue weighted by atomic mass is 10.0. The van der Waals surface area contributed by atoms with E-state index in [0.717, 1.165) is 33.9 Å². The Balaban J connectivity index is 2.07. The average molecular weight is 328 g/mol. The van der Waals surface area contributed by atoms with Gasteiger partial charge < -0.3 is 4.98 Å². The van der Waals surface area contributed by atoms with Crippen LogP contribution in [0.2, 0.25) is 0 Å². The SMILES string of the molecule is Cc1cc(-c2nc3ccc(=O)[nH]c3nc2-c2ccccc2)cc(C)n1. The van der Waals surface area contributed by atoms with Crippen molar-refractivity contribution in [2.75, 3.05) is 0 Å². The van der Waals surface area contributed by atoms with Crippen molar-refractivity contribution in [2.24, 2.45) is 0 Å². The fourth-order valence-electron chi connectivity index (χ4n) is 2.94. The van der Waals surface area contributed by atoms with Crippen LogP contribution < -0.4 is 5.56 Å². The van der Waals surface area contributed by atoms with Gasteiger partial charge in [-0.05, 0) is 32.0 Å². The first-order valence-electron chi connectivity index (χ1n) is 8.02. The van der Waals surface area contributed by atoms with Gasteiger partial charge in [0.1, 0.15) is 5.52 Å². The number of aromatic amines is 1. The van der Waals surface area contributed by atoms with Gasteiger partial charge in [-0.3, -0.25) is 9.78 Å². The smallest absolute Gasteiger partial charge is 0.249 e. The molecule has 1 N–H and O–H groups in total. The summed E-state index contributed by atoms with van der Waals surface area (Å²) in [7, 11) is 0. The van der Waals surface area contributed by atoms with E-state index in [-0.39, 0.29) is 5.56 Å². The molecule has 25 heavy (non-hydrogen) atoms. The lowest BCUT2D eigenvalue weighted by molar-refractivity contribution is 1.12. The number of hydrogen-bond donors (Lipinski definition) is 1. The summed E-state index contributed by atoms with van der Waals surface area (Å²) in [6.07, 6.45) is 0. The summed E-state index contributed by atoms with van der Waals surface area (Å²) < 4.78 is 0. The number of benzene rings is 1. The lowest BCUT2D eigenvalue weighted by Crippen LogP contribution is -2.06. The Hall–Kier alpha value is -3.34. The molecule has 0 aliphatic rings. The number of rotatable bonds is 2. The third-order valence-electron chi connectivity index (χ3n) is 3.96. The standard InChI is InChI=1S/C20H16N4O/c1-12-10-15(11-13(2)21-12)19-18(14-6-4-3-5-7-14)24-20-16(22-19)8-9-17(25)23-20/h3-11H,1-2H3,(H,23,24,25). The molecule has 0 atom stereocenters. The van der Waals surface area contributed by atoms with Crippen LogP contribution in [0.4, 0.5) is 0 Å². The Labute approximate surface area is 144 Å². The number of hydrogen-bond acceptors (Lipinski definition) is 4. The van der Waals surface area contributed by atoms with E-state index in [2.05, 4.69) is 9.97 Å². The first kappa shape index (κ1) is 15.2. The summed E-state index contributed by atoms with van der Waals surface area (Å²) in [6.45, 7) is 3.93. The van der Waals surface area contributed by atoms with Crippen LogP contribution >= 0.6 is 0 Å². The Kier molecular flexibility index (Phi) is 3.61. The number of fused-ring (bicyclic) bond motifs is 1. The van der Waals surface area contributed by atoms with E-state index in [9.17, 15) is 4.79 Å². The summed E-state index contributed by atoms with van der Waals surface area (Å²) in [5, 5.41) is 0. The van der Waals surface area contributed by atoms with Crippen molar-refractivity contribution in [3.05, 3.63) is 76.3 Å². The predicted molar refractivity (Wildman–Crippen MR) is 98.3 cm³/mol. The Bertz CT molecular complexity index is 1110. The molecule has 0 spiro atoms. The topological polar surface area (TPSA) is 71.5 Å². The normalized spacial score (nSPS) is 11.0. The van der Waals surface area contributed by atoms with Crippen LogP contribution in [0, 0.1) is 13.8 Å². The number of aromatic nitrogens is 4. The van der Waals surface area contributed by atoms with Crippen molar-refractivity contribution in [2.45, 2.75) is 13.8 Å². The van der Waals surface area contributed by atoms with Crippen LogP contribution in [0.15, 0.2) is 59.4 Å². The van der Waals surface area contributed by atoms with Gasteiger partial charge in [0.15, 0.2) is 5.65 Å². The van der Waals surface area contributed by atoms with Crippen LogP contribution in [0.25, 0.3) is 33.7 Å². The third-order valence-corrected chi connectivity index (χ3v) is 3.96. The Morgan fingerprint density at radius 2 is 1.44 bits per heavy atom. The van der Waals surface area contributed by atoms with Gasteiger partial charge in [0.05, 0.1) is 11.4 Å². The molecule has 0 unspecified atom stereocenters. The zero-order valence-electron chi connectivity index (χ0n) is 13.9. The van der Waals surface area contributed by atoms with Crippen molar-refractivity contribution in [3.63, 3.8) is 0 Å². The van der Waals surface area contributed by atoms with Gasteiger partial charge in [-0.15, -0.1) is 0 Å². The zero-order chi connectivity index (χ0) is 17.4. The van der Waals surface area contributed by atoms with Crippen molar-refractivity contribution in [1.82, 2.24) is 19.9 Å². The number of nitrogens with zero attached hydrogens (tertiary/aromatic N) is 3. The second-order valence-electron chi connectivity index (χ2n) is 5.98. The summed E-state index contributed by atoms with van der Waals surface area (Å²) in [5.41, 5.74) is 6.23. The van der Waals surface area contributed by atoms with Crippen molar-refractivity contribution in [1.29, 1.82) is 0 Å². The third kappa shape index (κ3) is 2.92. The fourth-order valence-corrected chi connectivity index (χ4v) is 2.94. The number of aryl methyl sites for hydroxylation is 2. The highest BCUT2D eigenvalue weighted by atomic mass is 16.1. The molecule has 3 aromatic heterocycles. The maximum atomic E-state index is 11.6. The van der Waals surface area contributed by atoms with Crippen LogP contribution in [0.3, 0.4) is 0 Å². The predicted octanol–water partition coefficient (Wildman–Crippen LogP) is 3.66. The second-order valence-corrected chi connectivity index (χ2v) is 5.98. The molecule has 0 fully saturated rings. The highest BCUT2D eigenvalue weighted by Crippen LogP contribution is 2.30. The van der Waals surface area contributed by atoms with Crippen molar-refractivity contribution >= 4 is 11.2 Å². The molecular formula is C20H16N4O. The summed E-state index contributed by atoms with van der Waals surface area (Å²) in [6, 6.07) is 17.0. The molecule has 0 bridgehead atoms. The molecule has 0 saturated carbocycles. The first-order chi connectivity index (χ1) is 12.1. The minimum Gasteiger partial charge on any atom is -0.305 e. The Morgan fingerprint density at radius 3 is 2.16 bits per heavy atom. The first-order valence-corrected chi connectivity index (χ1v) is 8.02. The Morgan fingerprint density at radius 1 is 0.760 bits per heavy atom. The van der Waals surface area contributed by atoms with E-state index in [4.69, 9.17) is 9.97 Å². The van der Waals surface area contributed by atoms with E-state index < -0.39 is 0 Å². The van der Waals surface area contributed by atoms with E-state index in [1.807, 2.05) is 56.3 Å². The molecule has 5 nitrogen and oxygen atoms in total. The van der Waals surface area contributed by atoms with Crippen molar-refractivity contribution < 1.29 is 0 Å². The molecule has 0 aliphatic heterocycles. The molecule has 4 aromatic rings. The minimum atomic E-state index is -0.191. The molecule has 1 aromatic carbocycles. The molecule has 0 radical (unpaired) electrons. The monoisotopic (exact) mass is 328 g/mol. The van der Waals surface area contributed by atoms with Gasteiger partial charge in [0, 0.05) is 28.6 Å². The number of nitrogens with one attached hydrogen (secondary N) is 1. The van der Waals surface area contributed by atoms with Crippen molar-refractivity contribution in [3.8, 4) is 22.5 Å². The van der Waals surface area contributed by atoms with Crippen LogP contribution in [0.1, 0.15) is 11.4 Å². The molecule has 122 valence electrons. The highest BCUT2D eigenvalue weighted by Gasteiger charge is 2.14. The number of pyridine rings is 2. The second kappa shape index (κ2) is 5.94. The van der Waals surface area contributed by atoms with Gasteiger partial charge in [0.25, 0.3) is 0 Å². The van der Waals surface area contributed by atoms with E-state index in [1.165, 1.54) is 6.07 Å². The van der Waals surface area contributed by atoms with Crippen LogP contribution in [-0.4, -0.2) is 19.9 Å². The quantitative estimate of drug-likeness (QED) is 0.609. The molecule has 4 rings (SSSR count). The maximum absolute atomic E-state index is 11.6. The molecule has 0 aliphatic carbocycles.